The Labute approximate surface area is 165 Å². The van der Waals surface area contributed by atoms with Gasteiger partial charge in [0.25, 0.3) is 0 Å². The summed E-state index contributed by atoms with van der Waals surface area (Å²) in [5.74, 6) is -0.817. The molecule has 2 aromatic heterocycles. The first-order valence-corrected chi connectivity index (χ1v) is 9.90. The van der Waals surface area contributed by atoms with Crippen LogP contribution < -0.4 is 11.1 Å². The van der Waals surface area contributed by atoms with Crippen molar-refractivity contribution in [3.05, 3.63) is 45.5 Å². The first kappa shape index (κ1) is 18.7. The van der Waals surface area contributed by atoms with Crippen molar-refractivity contribution >= 4 is 28.6 Å². The van der Waals surface area contributed by atoms with E-state index in [1.165, 1.54) is 23.8 Å². The van der Waals surface area contributed by atoms with Crippen molar-refractivity contribution in [3.63, 3.8) is 0 Å². The van der Waals surface area contributed by atoms with Gasteiger partial charge in [0, 0.05) is 11.1 Å². The Morgan fingerprint density at radius 3 is 2.75 bits per heavy atom. The van der Waals surface area contributed by atoms with Crippen LogP contribution in [0.1, 0.15) is 61.5 Å². The number of nitrogens with zero attached hydrogens (tertiary/aromatic N) is 3. The minimum atomic E-state index is -0.553. The van der Waals surface area contributed by atoms with Crippen molar-refractivity contribution in [1.29, 1.82) is 0 Å². The van der Waals surface area contributed by atoms with Gasteiger partial charge in [-0.05, 0) is 31.0 Å². The Balaban J connectivity index is 1.47. The minimum absolute atomic E-state index is 0.0202. The molecule has 8 nitrogen and oxygen atoms in total. The summed E-state index contributed by atoms with van der Waals surface area (Å²) >= 11 is 6.00. The Hall–Kier alpha value is -2.61. The second-order valence-electron chi connectivity index (χ2n) is 7.10. The van der Waals surface area contributed by atoms with Crippen LogP contribution in [0.25, 0.3) is 11.1 Å². The van der Waals surface area contributed by atoms with Gasteiger partial charge in [0.2, 0.25) is 0 Å². The lowest BCUT2D eigenvalue weighted by molar-refractivity contribution is 0.0886. The Morgan fingerprint density at radius 1 is 1.21 bits per heavy atom. The van der Waals surface area contributed by atoms with Gasteiger partial charge >= 0.3 is 17.6 Å². The molecule has 1 aliphatic carbocycles. The molecule has 1 N–H and O–H groups in total. The highest BCUT2D eigenvalue weighted by molar-refractivity contribution is 6.31. The van der Waals surface area contributed by atoms with Gasteiger partial charge in [0.1, 0.15) is 0 Å². The molecular formula is C19H21ClN4O4. The smallest absolute Gasteiger partial charge is 0.408 e. The Kier molecular flexibility index (Phi) is 5.47. The third-order valence-corrected chi connectivity index (χ3v) is 5.27. The third-order valence-electron chi connectivity index (χ3n) is 5.03. The van der Waals surface area contributed by atoms with E-state index in [-0.39, 0.29) is 30.2 Å². The number of carbonyl (C=O) groups excluding carboxylic acids is 1. The highest BCUT2D eigenvalue weighted by Gasteiger charge is 2.21. The highest BCUT2D eigenvalue weighted by Crippen LogP contribution is 2.19. The molecular weight excluding hydrogens is 384 g/mol. The zero-order valence-electron chi connectivity index (χ0n) is 15.3. The van der Waals surface area contributed by atoms with Crippen LogP contribution >= 0.6 is 11.6 Å². The van der Waals surface area contributed by atoms with Gasteiger partial charge in [-0.15, -0.1) is 0 Å². The number of halogens is 1. The maximum Gasteiger partial charge on any atom is 0.420 e. The largest absolute Gasteiger partial charge is 0.420 e. The van der Waals surface area contributed by atoms with Gasteiger partial charge in [0.15, 0.2) is 11.4 Å². The van der Waals surface area contributed by atoms with E-state index in [4.69, 9.17) is 20.5 Å². The van der Waals surface area contributed by atoms with Crippen molar-refractivity contribution in [2.24, 2.45) is 0 Å². The SMILES string of the molecule is O=C(NC1CCCCCCC1)c1nc(Cn2c(=O)oc3ccc(Cl)cc32)no1. The molecule has 1 fully saturated rings. The summed E-state index contributed by atoms with van der Waals surface area (Å²) in [6.45, 7) is 0.0202. The quantitative estimate of drug-likeness (QED) is 0.713. The van der Waals surface area contributed by atoms with Crippen LogP contribution in [0.5, 0.6) is 0 Å². The first-order chi connectivity index (χ1) is 13.6. The molecule has 1 saturated carbocycles. The molecule has 0 spiro atoms. The lowest BCUT2D eigenvalue weighted by Gasteiger charge is -2.19. The van der Waals surface area contributed by atoms with Crippen LogP contribution in [0.15, 0.2) is 31.9 Å². The van der Waals surface area contributed by atoms with E-state index in [0.717, 1.165) is 25.7 Å². The van der Waals surface area contributed by atoms with Gasteiger partial charge in [-0.3, -0.25) is 9.36 Å². The predicted octanol–water partition coefficient (Wildman–Crippen LogP) is 3.52. The first-order valence-electron chi connectivity index (χ1n) is 9.52. The molecule has 3 aromatic rings. The second kappa shape index (κ2) is 8.18. The molecule has 0 unspecified atom stereocenters. The van der Waals surface area contributed by atoms with Crippen molar-refractivity contribution in [2.45, 2.75) is 57.5 Å². The van der Waals surface area contributed by atoms with Crippen LogP contribution in [0.3, 0.4) is 0 Å². The average Bonchev–Trinajstić information content (AvgIpc) is 3.23. The Morgan fingerprint density at radius 2 is 1.96 bits per heavy atom. The van der Waals surface area contributed by atoms with E-state index in [1.54, 1.807) is 18.2 Å². The highest BCUT2D eigenvalue weighted by atomic mass is 35.5. The van der Waals surface area contributed by atoms with Gasteiger partial charge in [-0.1, -0.05) is 48.9 Å². The normalized spacial score (nSPS) is 16.0. The zero-order chi connectivity index (χ0) is 19.5. The maximum atomic E-state index is 12.4. The molecule has 28 heavy (non-hydrogen) atoms. The van der Waals surface area contributed by atoms with Crippen molar-refractivity contribution in [1.82, 2.24) is 20.0 Å². The fraction of sp³-hybridized carbons (Fsp3) is 0.474. The van der Waals surface area contributed by atoms with Gasteiger partial charge < -0.3 is 14.3 Å². The molecule has 148 valence electrons. The van der Waals surface area contributed by atoms with E-state index in [0.29, 0.717) is 16.1 Å². The zero-order valence-corrected chi connectivity index (χ0v) is 16.1. The molecule has 2 heterocycles. The summed E-state index contributed by atoms with van der Waals surface area (Å²) in [7, 11) is 0. The number of hydrogen-bond acceptors (Lipinski definition) is 6. The fourth-order valence-electron chi connectivity index (χ4n) is 3.58. The summed E-state index contributed by atoms with van der Waals surface area (Å²) in [6.07, 6.45) is 7.82. The van der Waals surface area contributed by atoms with E-state index < -0.39 is 5.76 Å². The lowest BCUT2D eigenvalue weighted by Crippen LogP contribution is -2.35. The van der Waals surface area contributed by atoms with Crippen molar-refractivity contribution in [3.8, 4) is 0 Å². The van der Waals surface area contributed by atoms with Crippen molar-refractivity contribution < 1.29 is 13.7 Å². The number of rotatable bonds is 4. The minimum Gasteiger partial charge on any atom is -0.408 e. The molecule has 0 atom stereocenters. The number of aromatic nitrogens is 3. The number of hydrogen-bond donors (Lipinski definition) is 1. The number of carbonyl (C=O) groups is 1. The van der Waals surface area contributed by atoms with Crippen LogP contribution in [-0.4, -0.2) is 26.7 Å². The number of nitrogens with one attached hydrogen (secondary N) is 1. The molecule has 0 radical (unpaired) electrons. The maximum absolute atomic E-state index is 12.4. The fourth-order valence-corrected chi connectivity index (χ4v) is 3.75. The van der Waals surface area contributed by atoms with E-state index in [2.05, 4.69) is 15.5 Å². The monoisotopic (exact) mass is 404 g/mol. The lowest BCUT2D eigenvalue weighted by atomic mass is 9.97. The van der Waals surface area contributed by atoms with Crippen LogP contribution in [0.4, 0.5) is 0 Å². The topological polar surface area (TPSA) is 103 Å². The third kappa shape index (κ3) is 4.11. The molecule has 1 aromatic carbocycles. The summed E-state index contributed by atoms with van der Waals surface area (Å²) in [6, 6.07) is 5.03. The van der Waals surface area contributed by atoms with Crippen LogP contribution in [0, 0.1) is 0 Å². The molecule has 1 amide bonds. The molecule has 0 bridgehead atoms. The van der Waals surface area contributed by atoms with E-state index in [9.17, 15) is 9.59 Å². The Bertz CT molecular complexity index is 1030. The number of benzene rings is 1. The molecule has 0 aliphatic heterocycles. The van der Waals surface area contributed by atoms with E-state index in [1.807, 2.05) is 0 Å². The van der Waals surface area contributed by atoms with Gasteiger partial charge in [-0.25, -0.2) is 4.79 Å². The molecule has 1 aliphatic rings. The molecule has 9 heteroatoms. The van der Waals surface area contributed by atoms with Crippen molar-refractivity contribution in [2.75, 3.05) is 0 Å². The number of fused-ring (bicyclic) bond motifs is 1. The van der Waals surface area contributed by atoms with Crippen LogP contribution in [-0.2, 0) is 6.54 Å². The summed E-state index contributed by atoms with van der Waals surface area (Å²) in [4.78, 5) is 28.7. The second-order valence-corrected chi connectivity index (χ2v) is 7.53. The summed E-state index contributed by atoms with van der Waals surface area (Å²) < 4.78 is 11.6. The number of oxazole rings is 1. The van der Waals surface area contributed by atoms with Gasteiger partial charge in [-0.2, -0.15) is 4.98 Å². The van der Waals surface area contributed by atoms with Gasteiger partial charge in [0.05, 0.1) is 12.1 Å². The predicted molar refractivity (Wildman–Crippen MR) is 102 cm³/mol. The standard InChI is InChI=1S/C19H21ClN4O4/c20-12-8-9-15-14(10-12)24(19(26)27-15)11-16-22-18(28-23-16)17(25)21-13-6-4-2-1-3-5-7-13/h8-10,13H,1-7,11H2,(H,21,25). The number of amides is 1. The van der Waals surface area contributed by atoms with E-state index >= 15 is 0 Å². The summed E-state index contributed by atoms with van der Waals surface area (Å²) in [5, 5.41) is 7.29. The molecule has 0 saturated heterocycles. The average molecular weight is 405 g/mol. The summed E-state index contributed by atoms with van der Waals surface area (Å²) in [5.41, 5.74) is 0.947. The van der Waals surface area contributed by atoms with Crippen LogP contribution in [0.2, 0.25) is 5.02 Å². The molecule has 4 rings (SSSR count).